The first kappa shape index (κ1) is 15.0. The molecule has 0 radical (unpaired) electrons. The molecule has 0 saturated heterocycles. The van der Waals surface area contributed by atoms with E-state index < -0.39 is 17.4 Å². The zero-order valence-corrected chi connectivity index (χ0v) is 11.8. The number of nitrogens with zero attached hydrogens (tertiary/aromatic N) is 1. The number of hydrogen-bond acceptors (Lipinski definition) is 3. The van der Waals surface area contributed by atoms with Gasteiger partial charge in [-0.2, -0.15) is 0 Å². The van der Waals surface area contributed by atoms with Crippen molar-refractivity contribution in [3.8, 4) is 5.75 Å². The molecule has 5 heteroatoms. The average Bonchev–Trinajstić information content (AvgIpc) is 2.47. The van der Waals surface area contributed by atoms with Gasteiger partial charge < -0.3 is 9.64 Å². The van der Waals surface area contributed by atoms with E-state index in [-0.39, 0.29) is 12.1 Å². The van der Waals surface area contributed by atoms with Crippen molar-refractivity contribution in [3.05, 3.63) is 59.7 Å². The van der Waals surface area contributed by atoms with E-state index in [9.17, 15) is 13.6 Å². The summed E-state index contributed by atoms with van der Waals surface area (Å²) < 4.78 is 31.5. The summed E-state index contributed by atoms with van der Waals surface area (Å²) in [6.07, 6.45) is 0. The molecule has 110 valence electrons. The van der Waals surface area contributed by atoms with Crippen LogP contribution in [0.3, 0.4) is 0 Å². The molecule has 0 saturated carbocycles. The highest BCUT2D eigenvalue weighted by atomic mass is 19.1. The minimum atomic E-state index is -0.848. The molecular weight excluding hydrogens is 276 g/mol. The molecule has 0 bridgehead atoms. The molecule has 0 fully saturated rings. The molecule has 0 heterocycles. The van der Waals surface area contributed by atoms with E-state index in [0.29, 0.717) is 11.8 Å². The van der Waals surface area contributed by atoms with Crippen LogP contribution in [0.1, 0.15) is 10.4 Å². The quantitative estimate of drug-likeness (QED) is 0.792. The molecule has 2 aromatic rings. The fraction of sp³-hybridized carbons (Fsp3) is 0.188. The van der Waals surface area contributed by atoms with E-state index in [2.05, 4.69) is 0 Å². The summed E-state index contributed by atoms with van der Waals surface area (Å²) in [6.45, 7) is -0.0181. The Morgan fingerprint density at radius 2 is 1.95 bits per heavy atom. The summed E-state index contributed by atoms with van der Waals surface area (Å²) >= 11 is 0. The maximum atomic E-state index is 13.6. The summed E-state index contributed by atoms with van der Waals surface area (Å²) in [6, 6.07) is 10.1. The number of Topliss-reactive ketones (excluding diaryl/α,β-unsaturated/α-hetero) is 1. The number of hydrogen-bond donors (Lipinski definition) is 0. The Hall–Kier alpha value is -2.43. The molecule has 0 aliphatic carbocycles. The molecule has 0 N–H and O–H groups in total. The van der Waals surface area contributed by atoms with Crippen molar-refractivity contribution in [2.45, 2.75) is 0 Å². The van der Waals surface area contributed by atoms with Crippen LogP contribution in [0.25, 0.3) is 0 Å². The molecule has 21 heavy (non-hydrogen) atoms. The molecule has 3 nitrogen and oxygen atoms in total. The van der Waals surface area contributed by atoms with Crippen LogP contribution in [0, 0.1) is 11.6 Å². The Bertz CT molecular complexity index is 658. The lowest BCUT2D eigenvalue weighted by molar-refractivity contribution is 0.0996. The van der Waals surface area contributed by atoms with Crippen molar-refractivity contribution in [1.82, 2.24) is 0 Å². The number of likely N-dealkylation sites (N-methyl/N-ethyl adjacent to an activating group) is 1. The van der Waals surface area contributed by atoms with Gasteiger partial charge in [-0.15, -0.1) is 0 Å². The van der Waals surface area contributed by atoms with Gasteiger partial charge in [0.05, 0.1) is 19.2 Å². The lowest BCUT2D eigenvalue weighted by Crippen LogP contribution is -2.26. The van der Waals surface area contributed by atoms with Gasteiger partial charge >= 0.3 is 0 Å². The highest BCUT2D eigenvalue weighted by molar-refractivity contribution is 5.99. The number of carbonyl (C=O) groups is 1. The maximum absolute atomic E-state index is 13.6. The molecule has 0 amide bonds. The van der Waals surface area contributed by atoms with Gasteiger partial charge in [0.2, 0.25) is 0 Å². The molecule has 0 atom stereocenters. The summed E-state index contributed by atoms with van der Waals surface area (Å²) in [7, 11) is 3.27. The van der Waals surface area contributed by atoms with Crippen LogP contribution in [0.2, 0.25) is 0 Å². The third kappa shape index (κ3) is 3.56. The van der Waals surface area contributed by atoms with E-state index in [1.165, 1.54) is 0 Å². The Balaban J connectivity index is 2.14. The predicted molar refractivity (Wildman–Crippen MR) is 77.0 cm³/mol. The van der Waals surface area contributed by atoms with E-state index in [0.717, 1.165) is 17.8 Å². The summed E-state index contributed by atoms with van der Waals surface area (Å²) in [5.41, 5.74) is 0.649. The monoisotopic (exact) mass is 291 g/mol. The smallest absolute Gasteiger partial charge is 0.185 e. The highest BCUT2D eigenvalue weighted by Gasteiger charge is 2.15. The lowest BCUT2D eigenvalue weighted by Gasteiger charge is -2.19. The van der Waals surface area contributed by atoms with E-state index in [4.69, 9.17) is 4.74 Å². The molecule has 0 spiro atoms. The Labute approximate surface area is 121 Å². The van der Waals surface area contributed by atoms with E-state index in [1.54, 1.807) is 37.3 Å². The Kier molecular flexibility index (Phi) is 4.52. The Morgan fingerprint density at radius 3 is 2.62 bits per heavy atom. The average molecular weight is 291 g/mol. The third-order valence-electron chi connectivity index (χ3n) is 3.11. The molecule has 2 rings (SSSR count). The predicted octanol–water partition coefficient (Wildman–Crippen LogP) is 3.29. The normalized spacial score (nSPS) is 10.3. The number of ether oxygens (including phenoxy) is 1. The first-order valence-electron chi connectivity index (χ1n) is 6.34. The summed E-state index contributed by atoms with van der Waals surface area (Å²) in [5.74, 6) is -1.30. The van der Waals surface area contributed by atoms with Crippen LogP contribution >= 0.6 is 0 Å². The number of methoxy groups -OCH3 is 1. The van der Waals surface area contributed by atoms with Crippen molar-refractivity contribution in [2.24, 2.45) is 0 Å². The SMILES string of the molecule is COc1cccc(N(C)CC(=O)c2ccc(F)cc2F)c1. The molecule has 0 aliphatic heterocycles. The largest absolute Gasteiger partial charge is 0.497 e. The van der Waals surface area contributed by atoms with Crippen LogP contribution in [-0.2, 0) is 0 Å². The number of ketones is 1. The van der Waals surface area contributed by atoms with Crippen molar-refractivity contribution in [3.63, 3.8) is 0 Å². The van der Waals surface area contributed by atoms with Crippen LogP contribution in [0.4, 0.5) is 14.5 Å². The van der Waals surface area contributed by atoms with Gasteiger partial charge in [-0.05, 0) is 24.3 Å². The van der Waals surface area contributed by atoms with Crippen LogP contribution in [-0.4, -0.2) is 26.5 Å². The lowest BCUT2D eigenvalue weighted by atomic mass is 10.1. The highest BCUT2D eigenvalue weighted by Crippen LogP contribution is 2.20. The van der Waals surface area contributed by atoms with E-state index in [1.807, 2.05) is 6.07 Å². The zero-order chi connectivity index (χ0) is 15.4. The second-order valence-corrected chi connectivity index (χ2v) is 4.60. The molecular formula is C16H15F2NO2. The van der Waals surface area contributed by atoms with E-state index >= 15 is 0 Å². The van der Waals surface area contributed by atoms with Crippen molar-refractivity contribution in [2.75, 3.05) is 25.6 Å². The standard InChI is InChI=1S/C16H15F2NO2/c1-19(12-4-3-5-13(9-12)21-2)10-16(20)14-7-6-11(17)8-15(14)18/h3-9H,10H2,1-2H3. The van der Waals surface area contributed by atoms with Crippen LogP contribution in [0.5, 0.6) is 5.75 Å². The van der Waals surface area contributed by atoms with Gasteiger partial charge in [0, 0.05) is 24.9 Å². The van der Waals surface area contributed by atoms with Gasteiger partial charge in [0.15, 0.2) is 5.78 Å². The van der Waals surface area contributed by atoms with Gasteiger partial charge in [-0.1, -0.05) is 6.07 Å². The van der Waals surface area contributed by atoms with Gasteiger partial charge in [-0.3, -0.25) is 4.79 Å². The molecule has 0 aliphatic rings. The molecule has 0 unspecified atom stereocenters. The number of anilines is 1. The van der Waals surface area contributed by atoms with Gasteiger partial charge in [0.25, 0.3) is 0 Å². The second kappa shape index (κ2) is 6.35. The fourth-order valence-electron chi connectivity index (χ4n) is 1.96. The minimum absolute atomic E-state index is 0.0181. The third-order valence-corrected chi connectivity index (χ3v) is 3.11. The zero-order valence-electron chi connectivity index (χ0n) is 11.8. The first-order chi connectivity index (χ1) is 10.0. The van der Waals surface area contributed by atoms with Crippen molar-refractivity contribution in [1.29, 1.82) is 0 Å². The number of rotatable bonds is 5. The van der Waals surface area contributed by atoms with Crippen molar-refractivity contribution < 1.29 is 18.3 Å². The number of benzene rings is 2. The fourth-order valence-corrected chi connectivity index (χ4v) is 1.96. The Morgan fingerprint density at radius 1 is 1.19 bits per heavy atom. The van der Waals surface area contributed by atoms with Gasteiger partial charge in [0.1, 0.15) is 17.4 Å². The van der Waals surface area contributed by atoms with Crippen molar-refractivity contribution >= 4 is 11.5 Å². The number of carbonyl (C=O) groups excluding carboxylic acids is 1. The molecule has 2 aromatic carbocycles. The summed E-state index contributed by atoms with van der Waals surface area (Å²) in [5, 5.41) is 0. The maximum Gasteiger partial charge on any atom is 0.185 e. The molecule has 0 aromatic heterocycles. The van der Waals surface area contributed by atoms with Crippen LogP contribution < -0.4 is 9.64 Å². The summed E-state index contributed by atoms with van der Waals surface area (Å²) in [4.78, 5) is 13.8. The topological polar surface area (TPSA) is 29.5 Å². The minimum Gasteiger partial charge on any atom is -0.497 e. The number of halogens is 2. The second-order valence-electron chi connectivity index (χ2n) is 4.60. The first-order valence-corrected chi connectivity index (χ1v) is 6.34. The van der Waals surface area contributed by atoms with Gasteiger partial charge in [-0.25, -0.2) is 8.78 Å². The van der Waals surface area contributed by atoms with Crippen LogP contribution in [0.15, 0.2) is 42.5 Å².